The fraction of sp³-hybridized carbons (Fsp3) is 0.400. The van der Waals surface area contributed by atoms with Gasteiger partial charge in [0.2, 0.25) is 0 Å². The molecule has 1 aromatic carbocycles. The topological polar surface area (TPSA) is 48.1 Å². The molecule has 4 heteroatoms. The van der Waals surface area contributed by atoms with Crippen LogP contribution in [0.2, 0.25) is 0 Å². The Labute approximate surface area is 118 Å². The molecule has 0 unspecified atom stereocenters. The Kier molecular flexibility index (Phi) is 5.07. The molecule has 0 bridgehead atoms. The Morgan fingerprint density at radius 1 is 1.32 bits per heavy atom. The second kappa shape index (κ2) is 6.80. The molecule has 0 aliphatic heterocycles. The number of aryl methyl sites for hydroxylation is 2. The summed E-state index contributed by atoms with van der Waals surface area (Å²) >= 11 is 1.70. The summed E-state index contributed by atoms with van der Waals surface area (Å²) in [5.74, 6) is 0. The van der Waals surface area contributed by atoms with E-state index < -0.39 is 0 Å². The second-order valence-corrected chi connectivity index (χ2v) is 5.57. The molecule has 2 N–H and O–H groups in total. The maximum Gasteiger partial charge on any atom is 0.0797 e. The van der Waals surface area contributed by atoms with E-state index in [1.165, 1.54) is 21.6 Å². The van der Waals surface area contributed by atoms with Crippen LogP contribution in [0.5, 0.6) is 0 Å². The minimum absolute atomic E-state index is 0.590. The molecule has 2 rings (SSSR count). The van der Waals surface area contributed by atoms with Crippen LogP contribution in [0.3, 0.4) is 0 Å². The fourth-order valence-electron chi connectivity index (χ4n) is 1.96. The summed E-state index contributed by atoms with van der Waals surface area (Å²) in [6, 6.07) is 6.31. The zero-order chi connectivity index (χ0) is 13.7. The van der Waals surface area contributed by atoms with Crippen LogP contribution in [0, 0.1) is 13.8 Å². The zero-order valence-electron chi connectivity index (χ0n) is 11.5. The van der Waals surface area contributed by atoms with Crippen LogP contribution >= 0.6 is 11.3 Å². The molecule has 0 radical (unpaired) electrons. The smallest absolute Gasteiger partial charge is 0.0797 e. The molecule has 0 spiro atoms. The molecule has 0 saturated heterocycles. The molecule has 0 fully saturated rings. The van der Waals surface area contributed by atoms with Crippen molar-refractivity contribution in [3.05, 3.63) is 51.0 Å². The lowest BCUT2D eigenvalue weighted by Crippen LogP contribution is -2.02. The lowest BCUT2D eigenvalue weighted by molar-refractivity contribution is 0.124. The van der Waals surface area contributed by atoms with Gasteiger partial charge in [0.15, 0.2) is 0 Å². The number of rotatable bonds is 6. The van der Waals surface area contributed by atoms with Crippen LogP contribution < -0.4 is 5.73 Å². The Hall–Kier alpha value is -1.23. The van der Waals surface area contributed by atoms with Crippen LogP contribution in [-0.4, -0.2) is 11.6 Å². The van der Waals surface area contributed by atoms with Crippen LogP contribution in [0.1, 0.15) is 27.3 Å². The molecule has 2 aromatic rings. The SMILES string of the molecule is Cc1cc(CN)ccc1COCCc1scnc1C. The van der Waals surface area contributed by atoms with Crippen LogP contribution in [0.25, 0.3) is 0 Å². The first-order chi connectivity index (χ1) is 9.20. The normalized spacial score (nSPS) is 10.9. The first-order valence-electron chi connectivity index (χ1n) is 6.46. The molecular formula is C15H20N2OS. The van der Waals surface area contributed by atoms with Gasteiger partial charge in [0.1, 0.15) is 0 Å². The van der Waals surface area contributed by atoms with E-state index in [4.69, 9.17) is 10.5 Å². The number of nitrogens with zero attached hydrogens (tertiary/aromatic N) is 1. The van der Waals surface area contributed by atoms with Crippen LogP contribution in [-0.2, 0) is 24.3 Å². The lowest BCUT2D eigenvalue weighted by Gasteiger charge is -2.08. The third kappa shape index (κ3) is 3.86. The third-order valence-corrected chi connectivity index (χ3v) is 4.21. The van der Waals surface area contributed by atoms with Gasteiger partial charge in [-0.1, -0.05) is 18.2 Å². The van der Waals surface area contributed by atoms with E-state index in [9.17, 15) is 0 Å². The van der Waals surface area contributed by atoms with Gasteiger partial charge >= 0.3 is 0 Å². The van der Waals surface area contributed by atoms with Gasteiger partial charge in [0, 0.05) is 17.8 Å². The summed E-state index contributed by atoms with van der Waals surface area (Å²) in [6.45, 7) is 6.13. The molecule has 0 aliphatic carbocycles. The summed E-state index contributed by atoms with van der Waals surface area (Å²) < 4.78 is 5.75. The van der Waals surface area contributed by atoms with E-state index in [2.05, 4.69) is 30.1 Å². The Balaban J connectivity index is 1.81. The van der Waals surface area contributed by atoms with E-state index in [-0.39, 0.29) is 0 Å². The Morgan fingerprint density at radius 2 is 2.16 bits per heavy atom. The van der Waals surface area contributed by atoms with Gasteiger partial charge < -0.3 is 10.5 Å². The molecule has 3 nitrogen and oxygen atoms in total. The van der Waals surface area contributed by atoms with Crippen molar-refractivity contribution >= 4 is 11.3 Å². The summed E-state index contributed by atoms with van der Waals surface area (Å²) in [4.78, 5) is 5.55. The van der Waals surface area contributed by atoms with Gasteiger partial charge in [-0.25, -0.2) is 4.98 Å². The maximum atomic E-state index is 5.75. The second-order valence-electron chi connectivity index (χ2n) is 4.63. The minimum atomic E-state index is 0.590. The lowest BCUT2D eigenvalue weighted by atomic mass is 10.1. The number of hydrogen-bond acceptors (Lipinski definition) is 4. The van der Waals surface area contributed by atoms with Crippen molar-refractivity contribution in [3.63, 3.8) is 0 Å². The largest absolute Gasteiger partial charge is 0.376 e. The summed E-state index contributed by atoms with van der Waals surface area (Å²) in [5.41, 5.74) is 12.3. The molecule has 1 aromatic heterocycles. The fourth-order valence-corrected chi connectivity index (χ4v) is 2.72. The minimum Gasteiger partial charge on any atom is -0.376 e. The van der Waals surface area contributed by atoms with Gasteiger partial charge in [0.25, 0.3) is 0 Å². The van der Waals surface area contributed by atoms with E-state index >= 15 is 0 Å². The average molecular weight is 276 g/mol. The monoisotopic (exact) mass is 276 g/mol. The number of aromatic nitrogens is 1. The maximum absolute atomic E-state index is 5.75. The van der Waals surface area contributed by atoms with Gasteiger partial charge in [-0.05, 0) is 30.5 Å². The van der Waals surface area contributed by atoms with Gasteiger partial charge in [-0.15, -0.1) is 11.3 Å². The predicted octanol–water partition coefficient (Wildman–Crippen LogP) is 2.98. The summed E-state index contributed by atoms with van der Waals surface area (Å²) in [6.07, 6.45) is 0.941. The van der Waals surface area contributed by atoms with Gasteiger partial charge in [-0.2, -0.15) is 0 Å². The summed E-state index contributed by atoms with van der Waals surface area (Å²) in [7, 11) is 0. The quantitative estimate of drug-likeness (QED) is 0.825. The number of ether oxygens (including phenoxy) is 1. The molecule has 0 atom stereocenters. The van der Waals surface area contributed by atoms with Crippen molar-refractivity contribution in [1.29, 1.82) is 0 Å². The first-order valence-corrected chi connectivity index (χ1v) is 7.34. The van der Waals surface area contributed by atoms with Crippen LogP contribution in [0.4, 0.5) is 0 Å². The summed E-state index contributed by atoms with van der Waals surface area (Å²) in [5, 5.41) is 0. The Bertz CT molecular complexity index is 537. The van der Waals surface area contributed by atoms with Gasteiger partial charge in [-0.3, -0.25) is 0 Å². The molecule has 0 aliphatic rings. The average Bonchev–Trinajstić information content (AvgIpc) is 2.81. The predicted molar refractivity (Wildman–Crippen MR) is 79.3 cm³/mol. The van der Waals surface area contributed by atoms with Crippen molar-refractivity contribution < 1.29 is 4.74 Å². The highest BCUT2D eigenvalue weighted by Crippen LogP contribution is 2.14. The molecule has 1 heterocycles. The number of nitrogens with two attached hydrogens (primary N) is 1. The van der Waals surface area contributed by atoms with E-state index in [1.807, 2.05) is 12.4 Å². The molecular weight excluding hydrogens is 256 g/mol. The molecule has 102 valence electrons. The zero-order valence-corrected chi connectivity index (χ0v) is 12.3. The van der Waals surface area contributed by atoms with E-state index in [0.29, 0.717) is 13.2 Å². The van der Waals surface area contributed by atoms with Crippen LogP contribution in [0.15, 0.2) is 23.7 Å². The highest BCUT2D eigenvalue weighted by atomic mass is 32.1. The first kappa shape index (κ1) is 14.2. The van der Waals surface area contributed by atoms with Crippen molar-refractivity contribution in [3.8, 4) is 0 Å². The van der Waals surface area contributed by atoms with Gasteiger partial charge in [0.05, 0.1) is 24.4 Å². The molecule has 0 amide bonds. The van der Waals surface area contributed by atoms with Crippen molar-refractivity contribution in [1.82, 2.24) is 4.98 Å². The van der Waals surface area contributed by atoms with E-state index in [1.54, 1.807) is 11.3 Å². The standard InChI is InChI=1S/C15H20N2OS/c1-11-7-13(8-16)3-4-14(11)9-18-6-5-15-12(2)17-10-19-15/h3-4,7,10H,5-6,8-9,16H2,1-2H3. The van der Waals surface area contributed by atoms with Crippen molar-refractivity contribution in [2.24, 2.45) is 5.73 Å². The number of hydrogen-bond donors (Lipinski definition) is 1. The van der Waals surface area contributed by atoms with E-state index in [0.717, 1.165) is 18.7 Å². The highest BCUT2D eigenvalue weighted by Gasteiger charge is 2.03. The molecule has 0 saturated carbocycles. The third-order valence-electron chi connectivity index (χ3n) is 3.22. The number of benzene rings is 1. The Morgan fingerprint density at radius 3 is 2.79 bits per heavy atom. The number of thiazole rings is 1. The van der Waals surface area contributed by atoms with Crippen molar-refractivity contribution in [2.75, 3.05) is 6.61 Å². The van der Waals surface area contributed by atoms with Crippen molar-refractivity contribution in [2.45, 2.75) is 33.4 Å². The highest BCUT2D eigenvalue weighted by molar-refractivity contribution is 7.09. The molecule has 19 heavy (non-hydrogen) atoms.